The number of hydrogen-bond acceptors (Lipinski definition) is 5. The summed E-state index contributed by atoms with van der Waals surface area (Å²) in [4.78, 5) is 17.8. The molecule has 3 N–H and O–H groups in total. The lowest BCUT2D eigenvalue weighted by Gasteiger charge is -2.32. The zero-order valence-corrected chi connectivity index (χ0v) is 11.3. The molecule has 0 bridgehead atoms. The number of anilines is 1. The van der Waals surface area contributed by atoms with E-state index in [4.69, 9.17) is 15.6 Å². The van der Waals surface area contributed by atoms with Crippen LogP contribution in [0.1, 0.15) is 10.4 Å². The molecule has 1 aromatic rings. The minimum Gasteiger partial charge on any atom is -0.394 e. The topological polar surface area (TPSA) is 88.7 Å². The molecule has 6 nitrogen and oxygen atoms in total. The Morgan fingerprint density at radius 1 is 1.72 bits per heavy atom. The normalized spacial score (nSPS) is 19.9. The van der Waals surface area contributed by atoms with Crippen LogP contribution in [0.15, 0.2) is 16.7 Å². The number of hydrogen-bond donors (Lipinski definition) is 2. The average molecular weight is 316 g/mol. The molecule has 1 fully saturated rings. The maximum atomic E-state index is 12.3. The maximum absolute atomic E-state index is 12.3. The van der Waals surface area contributed by atoms with Crippen LogP contribution in [-0.4, -0.2) is 53.3 Å². The van der Waals surface area contributed by atoms with E-state index >= 15 is 0 Å². The van der Waals surface area contributed by atoms with E-state index in [1.54, 1.807) is 17.2 Å². The van der Waals surface area contributed by atoms with Crippen LogP contribution in [0.25, 0.3) is 0 Å². The van der Waals surface area contributed by atoms with Crippen LogP contribution in [0.3, 0.4) is 0 Å². The third-order valence-corrected chi connectivity index (χ3v) is 3.18. The first kappa shape index (κ1) is 13.3. The largest absolute Gasteiger partial charge is 0.394 e. The second-order valence-corrected chi connectivity index (χ2v) is 4.93. The molecular formula is C11H14BrN3O3. The number of pyridine rings is 1. The van der Waals surface area contributed by atoms with Gasteiger partial charge in [0.05, 0.1) is 24.9 Å². The van der Waals surface area contributed by atoms with Crippen LogP contribution in [0, 0.1) is 0 Å². The summed E-state index contributed by atoms with van der Waals surface area (Å²) in [7, 11) is 0. The van der Waals surface area contributed by atoms with Crippen molar-refractivity contribution in [2.45, 2.75) is 6.10 Å². The van der Waals surface area contributed by atoms with Gasteiger partial charge in [-0.25, -0.2) is 4.98 Å². The Morgan fingerprint density at radius 3 is 3.22 bits per heavy atom. The summed E-state index contributed by atoms with van der Waals surface area (Å²) < 4.78 is 6.00. The summed E-state index contributed by atoms with van der Waals surface area (Å²) in [5, 5.41) is 9.05. The van der Waals surface area contributed by atoms with Gasteiger partial charge in [0.2, 0.25) is 0 Å². The first-order chi connectivity index (χ1) is 8.61. The molecule has 18 heavy (non-hydrogen) atoms. The number of carbonyl (C=O) groups excluding carboxylic acids is 1. The quantitative estimate of drug-likeness (QED) is 0.817. The van der Waals surface area contributed by atoms with Crippen LogP contribution in [0.2, 0.25) is 0 Å². The summed E-state index contributed by atoms with van der Waals surface area (Å²) in [6.45, 7) is 1.16. The highest BCUT2D eigenvalue weighted by molar-refractivity contribution is 9.10. The molecule has 1 saturated heterocycles. The molecule has 0 spiro atoms. The number of rotatable bonds is 2. The van der Waals surface area contributed by atoms with Gasteiger partial charge in [-0.05, 0) is 22.0 Å². The molecule has 7 heteroatoms. The van der Waals surface area contributed by atoms with E-state index in [2.05, 4.69) is 20.9 Å². The standard InChI is InChI=1S/C11H14BrN3O3/c12-7-3-9(10(13)14-4-7)11(17)15-1-2-18-8(5-15)6-16/h3-4,8,16H,1-2,5-6H2,(H2,13,14). The third kappa shape index (κ3) is 2.80. The number of ether oxygens (including phenoxy) is 1. The van der Waals surface area contributed by atoms with Crippen LogP contribution in [0.5, 0.6) is 0 Å². The third-order valence-electron chi connectivity index (χ3n) is 2.75. The van der Waals surface area contributed by atoms with E-state index in [9.17, 15) is 4.79 Å². The molecule has 0 radical (unpaired) electrons. The Balaban J connectivity index is 2.17. The molecule has 1 aromatic heterocycles. The van der Waals surface area contributed by atoms with Crippen molar-refractivity contribution in [3.05, 3.63) is 22.3 Å². The summed E-state index contributed by atoms with van der Waals surface area (Å²) >= 11 is 3.26. The van der Waals surface area contributed by atoms with Crippen LogP contribution < -0.4 is 5.73 Å². The summed E-state index contributed by atoms with van der Waals surface area (Å²) in [6.07, 6.45) is 1.21. The van der Waals surface area contributed by atoms with Crippen molar-refractivity contribution >= 4 is 27.7 Å². The van der Waals surface area contributed by atoms with Crippen LogP contribution >= 0.6 is 15.9 Å². The molecule has 2 rings (SSSR count). The minimum atomic E-state index is -0.330. The number of aromatic nitrogens is 1. The molecule has 0 aliphatic carbocycles. The number of carbonyl (C=O) groups is 1. The lowest BCUT2D eigenvalue weighted by molar-refractivity contribution is -0.0447. The number of halogens is 1. The van der Waals surface area contributed by atoms with Crippen LogP contribution in [-0.2, 0) is 4.74 Å². The molecule has 1 aliphatic rings. The lowest BCUT2D eigenvalue weighted by Crippen LogP contribution is -2.47. The first-order valence-electron chi connectivity index (χ1n) is 5.54. The van der Waals surface area contributed by atoms with Gasteiger partial charge in [0, 0.05) is 23.8 Å². The molecule has 0 saturated carbocycles. The van der Waals surface area contributed by atoms with Gasteiger partial charge >= 0.3 is 0 Å². The van der Waals surface area contributed by atoms with E-state index < -0.39 is 0 Å². The van der Waals surface area contributed by atoms with Crippen LogP contribution in [0.4, 0.5) is 5.82 Å². The smallest absolute Gasteiger partial charge is 0.257 e. The molecule has 1 unspecified atom stereocenters. The van der Waals surface area contributed by atoms with E-state index in [-0.39, 0.29) is 24.4 Å². The minimum absolute atomic E-state index is 0.101. The predicted octanol–water partition coefficient (Wildman–Crippen LogP) is 0.260. The summed E-state index contributed by atoms with van der Waals surface area (Å²) in [5.74, 6) is 0.0123. The molecule has 98 valence electrons. The van der Waals surface area contributed by atoms with E-state index in [0.717, 1.165) is 0 Å². The van der Waals surface area contributed by atoms with Crippen molar-refractivity contribution in [1.29, 1.82) is 0 Å². The number of nitrogen functional groups attached to an aromatic ring is 1. The molecule has 1 atom stereocenters. The maximum Gasteiger partial charge on any atom is 0.257 e. The van der Waals surface area contributed by atoms with Gasteiger partial charge in [0.15, 0.2) is 0 Å². The van der Waals surface area contributed by atoms with E-state index in [1.807, 2.05) is 0 Å². The Bertz CT molecular complexity index is 455. The Labute approximate surface area is 113 Å². The van der Waals surface area contributed by atoms with Crippen molar-refractivity contribution in [3.63, 3.8) is 0 Å². The zero-order chi connectivity index (χ0) is 13.1. The van der Waals surface area contributed by atoms with Gasteiger partial charge in [-0.1, -0.05) is 0 Å². The molecule has 0 aromatic carbocycles. The number of nitrogens with two attached hydrogens (primary N) is 1. The Kier molecular flexibility index (Phi) is 4.15. The molecular weight excluding hydrogens is 302 g/mol. The number of nitrogens with zero attached hydrogens (tertiary/aromatic N) is 2. The van der Waals surface area contributed by atoms with Crippen molar-refractivity contribution in [2.75, 3.05) is 32.0 Å². The fourth-order valence-corrected chi connectivity index (χ4v) is 2.14. The lowest BCUT2D eigenvalue weighted by atomic mass is 10.2. The van der Waals surface area contributed by atoms with Crippen molar-refractivity contribution in [2.24, 2.45) is 0 Å². The van der Waals surface area contributed by atoms with E-state index in [0.29, 0.717) is 29.7 Å². The van der Waals surface area contributed by atoms with Crippen molar-refractivity contribution < 1.29 is 14.6 Å². The summed E-state index contributed by atoms with van der Waals surface area (Å²) in [5.41, 5.74) is 6.07. The summed E-state index contributed by atoms with van der Waals surface area (Å²) in [6, 6.07) is 1.65. The van der Waals surface area contributed by atoms with Gasteiger partial charge in [-0.15, -0.1) is 0 Å². The highest BCUT2D eigenvalue weighted by Gasteiger charge is 2.26. The van der Waals surface area contributed by atoms with Crippen molar-refractivity contribution in [1.82, 2.24) is 9.88 Å². The molecule has 2 heterocycles. The molecule has 1 aliphatic heterocycles. The number of aliphatic hydroxyl groups excluding tert-OH is 1. The van der Waals surface area contributed by atoms with Gasteiger partial charge < -0.3 is 20.5 Å². The van der Waals surface area contributed by atoms with Gasteiger partial charge in [0.1, 0.15) is 5.82 Å². The second kappa shape index (κ2) is 5.64. The highest BCUT2D eigenvalue weighted by atomic mass is 79.9. The average Bonchev–Trinajstić information content (AvgIpc) is 2.41. The predicted molar refractivity (Wildman–Crippen MR) is 69.1 cm³/mol. The van der Waals surface area contributed by atoms with Gasteiger partial charge in [-0.2, -0.15) is 0 Å². The Morgan fingerprint density at radius 2 is 2.50 bits per heavy atom. The SMILES string of the molecule is Nc1ncc(Br)cc1C(=O)N1CCOC(CO)C1. The fourth-order valence-electron chi connectivity index (χ4n) is 1.81. The first-order valence-corrected chi connectivity index (χ1v) is 6.34. The highest BCUT2D eigenvalue weighted by Crippen LogP contribution is 2.18. The molecule has 1 amide bonds. The van der Waals surface area contributed by atoms with Crippen molar-refractivity contribution in [3.8, 4) is 0 Å². The fraction of sp³-hybridized carbons (Fsp3) is 0.455. The van der Waals surface area contributed by atoms with Gasteiger partial charge in [-0.3, -0.25) is 4.79 Å². The zero-order valence-electron chi connectivity index (χ0n) is 9.67. The monoisotopic (exact) mass is 315 g/mol. The second-order valence-electron chi connectivity index (χ2n) is 4.01. The Hall–Kier alpha value is -1.18. The van der Waals surface area contributed by atoms with E-state index in [1.165, 1.54) is 0 Å². The van der Waals surface area contributed by atoms with Gasteiger partial charge in [0.25, 0.3) is 5.91 Å². The number of amides is 1. The number of aliphatic hydroxyl groups is 1. The number of morpholine rings is 1.